The Labute approximate surface area is 118 Å². The van der Waals surface area contributed by atoms with E-state index in [1.807, 2.05) is 32.9 Å². The molecule has 0 saturated carbocycles. The molecular weight excluding hydrogens is 262 g/mol. The minimum Gasteiger partial charge on any atom is -0.443 e. The highest BCUT2D eigenvalue weighted by atomic mass is 35.5. The van der Waals surface area contributed by atoms with Gasteiger partial charge in [-0.1, -0.05) is 18.2 Å². The van der Waals surface area contributed by atoms with Gasteiger partial charge in [-0.15, -0.1) is 0 Å². The van der Waals surface area contributed by atoms with Crippen LogP contribution in [0.1, 0.15) is 32.8 Å². The molecule has 4 heteroatoms. The average Bonchev–Trinajstić information content (AvgIpc) is 2.27. The van der Waals surface area contributed by atoms with Gasteiger partial charge in [0, 0.05) is 17.1 Å². The summed E-state index contributed by atoms with van der Waals surface area (Å²) in [6, 6.07) is 5.46. The molecule has 0 atom stereocenters. The zero-order valence-corrected chi connectivity index (χ0v) is 12.3. The highest BCUT2D eigenvalue weighted by Gasteiger charge is 2.28. The van der Waals surface area contributed by atoms with Crippen LogP contribution in [-0.4, -0.2) is 18.2 Å². The molecule has 1 aromatic rings. The molecule has 1 amide bonds. The predicted molar refractivity (Wildman–Crippen MR) is 78.7 cm³/mol. The fourth-order valence-electron chi connectivity index (χ4n) is 2.04. The van der Waals surface area contributed by atoms with Gasteiger partial charge in [-0.2, -0.15) is 0 Å². The number of benzene rings is 1. The number of nitrogens with zero attached hydrogens (tertiary/aromatic N) is 1. The Balaban J connectivity index is 2.33. The molecule has 0 aromatic heterocycles. The van der Waals surface area contributed by atoms with E-state index >= 15 is 0 Å². The smallest absolute Gasteiger partial charge is 0.414 e. The number of amides is 1. The van der Waals surface area contributed by atoms with Gasteiger partial charge < -0.3 is 4.74 Å². The lowest BCUT2D eigenvalue weighted by Crippen LogP contribution is -2.39. The topological polar surface area (TPSA) is 29.5 Å². The summed E-state index contributed by atoms with van der Waals surface area (Å²) in [7, 11) is 0. The Morgan fingerprint density at radius 3 is 2.74 bits per heavy atom. The quantitative estimate of drug-likeness (QED) is 0.700. The van der Waals surface area contributed by atoms with E-state index in [-0.39, 0.29) is 6.09 Å². The van der Waals surface area contributed by atoms with Gasteiger partial charge in [0.2, 0.25) is 0 Å². The molecule has 102 valence electrons. The van der Waals surface area contributed by atoms with Crippen LogP contribution in [0.5, 0.6) is 0 Å². The molecule has 0 unspecified atom stereocenters. The third kappa shape index (κ3) is 3.10. The second-order valence-electron chi connectivity index (χ2n) is 5.65. The molecule has 0 fully saturated rings. The van der Waals surface area contributed by atoms with Crippen LogP contribution in [-0.2, 0) is 4.74 Å². The number of ether oxygens (including phenoxy) is 1. The summed E-state index contributed by atoms with van der Waals surface area (Å²) in [6.45, 7) is 10.2. The van der Waals surface area contributed by atoms with Crippen LogP contribution in [0, 0.1) is 0 Å². The number of carbonyl (C=O) groups is 1. The first kappa shape index (κ1) is 13.9. The molecule has 3 nitrogen and oxygen atoms in total. The maximum atomic E-state index is 12.2. The fraction of sp³-hybridized carbons (Fsp3) is 0.400. The number of halogens is 1. The SMILES string of the molecule is C=C1CCN(C(=O)OC(C)(C)C)c2ccc(Cl)cc21. The fourth-order valence-corrected chi connectivity index (χ4v) is 2.21. The number of hydrogen-bond acceptors (Lipinski definition) is 2. The van der Waals surface area contributed by atoms with Crippen molar-refractivity contribution in [2.45, 2.75) is 32.8 Å². The van der Waals surface area contributed by atoms with Crippen molar-refractivity contribution in [3.8, 4) is 0 Å². The van der Waals surface area contributed by atoms with Gasteiger partial charge in [-0.05, 0) is 51.0 Å². The van der Waals surface area contributed by atoms with E-state index in [0.717, 1.165) is 23.2 Å². The van der Waals surface area contributed by atoms with Crippen molar-refractivity contribution in [2.24, 2.45) is 0 Å². The zero-order valence-electron chi connectivity index (χ0n) is 11.5. The predicted octanol–water partition coefficient (Wildman–Crippen LogP) is 4.50. The summed E-state index contributed by atoms with van der Waals surface area (Å²) in [5.74, 6) is 0. The Bertz CT molecular complexity index is 531. The molecular formula is C15H18ClNO2. The monoisotopic (exact) mass is 279 g/mol. The Morgan fingerprint density at radius 2 is 2.11 bits per heavy atom. The van der Waals surface area contributed by atoms with Crippen LogP contribution in [0.2, 0.25) is 5.02 Å². The summed E-state index contributed by atoms with van der Waals surface area (Å²) in [6.07, 6.45) is 0.399. The van der Waals surface area contributed by atoms with Gasteiger partial charge in [-0.25, -0.2) is 4.79 Å². The molecule has 0 saturated heterocycles. The van der Waals surface area contributed by atoms with Crippen molar-refractivity contribution in [3.05, 3.63) is 35.4 Å². The van der Waals surface area contributed by atoms with E-state index in [1.165, 1.54) is 0 Å². The number of hydrogen-bond donors (Lipinski definition) is 0. The van der Waals surface area contributed by atoms with E-state index in [9.17, 15) is 4.79 Å². The van der Waals surface area contributed by atoms with Crippen LogP contribution in [0.4, 0.5) is 10.5 Å². The molecule has 0 spiro atoms. The first-order valence-electron chi connectivity index (χ1n) is 6.26. The average molecular weight is 280 g/mol. The number of carbonyl (C=O) groups excluding carboxylic acids is 1. The van der Waals surface area contributed by atoms with E-state index in [1.54, 1.807) is 11.0 Å². The highest BCUT2D eigenvalue weighted by molar-refractivity contribution is 6.31. The molecule has 0 N–H and O–H groups in total. The van der Waals surface area contributed by atoms with Gasteiger partial charge >= 0.3 is 6.09 Å². The van der Waals surface area contributed by atoms with Crippen LogP contribution < -0.4 is 4.90 Å². The van der Waals surface area contributed by atoms with E-state index in [0.29, 0.717) is 11.6 Å². The Kier molecular flexibility index (Phi) is 3.59. The first-order chi connectivity index (χ1) is 8.78. The van der Waals surface area contributed by atoms with Gasteiger partial charge in [0.1, 0.15) is 5.60 Å². The van der Waals surface area contributed by atoms with Crippen LogP contribution >= 0.6 is 11.6 Å². The second-order valence-corrected chi connectivity index (χ2v) is 6.08. The zero-order chi connectivity index (χ0) is 14.2. The van der Waals surface area contributed by atoms with Crippen LogP contribution in [0.25, 0.3) is 5.57 Å². The lowest BCUT2D eigenvalue weighted by Gasteiger charge is -2.32. The van der Waals surface area contributed by atoms with E-state index in [4.69, 9.17) is 16.3 Å². The van der Waals surface area contributed by atoms with Gasteiger partial charge in [-0.3, -0.25) is 4.90 Å². The van der Waals surface area contributed by atoms with Crippen molar-refractivity contribution >= 4 is 29.0 Å². The minimum absolute atomic E-state index is 0.330. The van der Waals surface area contributed by atoms with Crippen LogP contribution in [0.3, 0.4) is 0 Å². The Hall–Kier alpha value is -1.48. The summed E-state index contributed by atoms with van der Waals surface area (Å²) in [5.41, 5.74) is 2.23. The van der Waals surface area contributed by atoms with Gasteiger partial charge in [0.15, 0.2) is 0 Å². The van der Waals surface area contributed by atoms with Crippen molar-refractivity contribution in [1.29, 1.82) is 0 Å². The van der Waals surface area contributed by atoms with Gasteiger partial charge in [0.25, 0.3) is 0 Å². The number of anilines is 1. The molecule has 1 aromatic carbocycles. The molecule has 1 heterocycles. The standard InChI is InChI=1S/C15H18ClNO2/c1-10-7-8-17(14(18)19-15(2,3)4)13-6-5-11(16)9-12(10)13/h5-6,9H,1,7-8H2,2-4H3. The van der Waals surface area contributed by atoms with Crippen molar-refractivity contribution < 1.29 is 9.53 Å². The molecule has 0 radical (unpaired) electrons. The number of fused-ring (bicyclic) bond motifs is 1. The van der Waals surface area contributed by atoms with Crippen molar-refractivity contribution in [2.75, 3.05) is 11.4 Å². The van der Waals surface area contributed by atoms with E-state index < -0.39 is 5.60 Å². The third-order valence-electron chi connectivity index (χ3n) is 2.88. The van der Waals surface area contributed by atoms with Crippen molar-refractivity contribution in [1.82, 2.24) is 0 Å². The van der Waals surface area contributed by atoms with Crippen LogP contribution in [0.15, 0.2) is 24.8 Å². The molecule has 19 heavy (non-hydrogen) atoms. The minimum atomic E-state index is -0.502. The summed E-state index contributed by atoms with van der Waals surface area (Å²) >= 11 is 6.00. The lowest BCUT2D eigenvalue weighted by atomic mass is 9.97. The summed E-state index contributed by atoms with van der Waals surface area (Å²) in [5, 5.41) is 0.644. The number of rotatable bonds is 0. The van der Waals surface area contributed by atoms with Crippen molar-refractivity contribution in [3.63, 3.8) is 0 Å². The summed E-state index contributed by atoms with van der Waals surface area (Å²) < 4.78 is 5.42. The van der Waals surface area contributed by atoms with E-state index in [2.05, 4.69) is 6.58 Å². The second kappa shape index (κ2) is 4.89. The maximum Gasteiger partial charge on any atom is 0.414 e. The summed E-state index contributed by atoms with van der Waals surface area (Å²) in [4.78, 5) is 13.9. The third-order valence-corrected chi connectivity index (χ3v) is 3.12. The van der Waals surface area contributed by atoms with Gasteiger partial charge in [0.05, 0.1) is 5.69 Å². The Morgan fingerprint density at radius 1 is 1.42 bits per heavy atom. The molecule has 2 rings (SSSR count). The first-order valence-corrected chi connectivity index (χ1v) is 6.64. The largest absolute Gasteiger partial charge is 0.443 e. The molecule has 0 bridgehead atoms. The molecule has 1 aliphatic rings. The highest BCUT2D eigenvalue weighted by Crippen LogP contribution is 2.36. The molecule has 0 aliphatic carbocycles. The lowest BCUT2D eigenvalue weighted by molar-refractivity contribution is 0.0580. The maximum absolute atomic E-state index is 12.2. The molecule has 1 aliphatic heterocycles. The normalized spacial score (nSPS) is 15.2.